The van der Waals surface area contributed by atoms with Crippen LogP contribution in [0, 0.1) is 5.82 Å². The first-order valence-electron chi connectivity index (χ1n) is 6.38. The molecule has 3 N–H and O–H groups in total. The minimum Gasteiger partial charge on any atom is -0.396 e. The minimum atomic E-state index is -0.291. The van der Waals surface area contributed by atoms with Gasteiger partial charge in [-0.2, -0.15) is 0 Å². The van der Waals surface area contributed by atoms with E-state index in [2.05, 4.69) is 18.7 Å². The molecule has 0 saturated carbocycles. The van der Waals surface area contributed by atoms with Crippen LogP contribution in [0.4, 0.5) is 4.39 Å². The number of nitrogens with zero attached hydrogens (tertiary/aromatic N) is 1. The maximum Gasteiger partial charge on any atom is 0.123 e. The molecule has 0 spiro atoms. The molecule has 0 heterocycles. The van der Waals surface area contributed by atoms with Gasteiger partial charge in [-0.25, -0.2) is 4.39 Å². The highest BCUT2D eigenvalue weighted by Gasteiger charge is 2.14. The van der Waals surface area contributed by atoms with Crippen molar-refractivity contribution in [3.8, 4) is 0 Å². The Morgan fingerprint density at radius 1 is 1.47 bits per heavy atom. The summed E-state index contributed by atoms with van der Waals surface area (Å²) in [4.78, 5) is 2.44. The van der Waals surface area contributed by atoms with Crippen molar-refractivity contribution >= 4 is 17.2 Å². The van der Waals surface area contributed by atoms with Gasteiger partial charge in [0.05, 0.1) is 0 Å². The molecule has 1 aromatic rings. The van der Waals surface area contributed by atoms with Crippen LogP contribution in [0.15, 0.2) is 18.2 Å². The van der Waals surface area contributed by atoms with Crippen LogP contribution in [0.25, 0.3) is 0 Å². The number of benzene rings is 1. The van der Waals surface area contributed by atoms with Crippen LogP contribution in [0.2, 0.25) is 0 Å². The quantitative estimate of drug-likeness (QED) is 0.753. The maximum atomic E-state index is 13.4. The van der Waals surface area contributed by atoms with Crippen molar-refractivity contribution in [1.82, 2.24) is 4.90 Å². The van der Waals surface area contributed by atoms with E-state index in [9.17, 15) is 4.39 Å². The Balaban J connectivity index is 2.94. The summed E-state index contributed by atoms with van der Waals surface area (Å²) in [6.45, 7) is 5.60. The molecule has 1 aromatic carbocycles. The van der Waals surface area contributed by atoms with Gasteiger partial charge in [0.15, 0.2) is 0 Å². The van der Waals surface area contributed by atoms with Crippen molar-refractivity contribution in [3.05, 3.63) is 35.1 Å². The molecule has 0 amide bonds. The van der Waals surface area contributed by atoms with E-state index in [-0.39, 0.29) is 17.4 Å². The van der Waals surface area contributed by atoms with Crippen LogP contribution in [0.1, 0.15) is 31.4 Å². The van der Waals surface area contributed by atoms with Crippen LogP contribution in [0.3, 0.4) is 0 Å². The van der Waals surface area contributed by atoms with E-state index in [1.54, 1.807) is 6.07 Å². The zero-order chi connectivity index (χ0) is 14.4. The van der Waals surface area contributed by atoms with E-state index in [1.165, 1.54) is 12.1 Å². The van der Waals surface area contributed by atoms with Gasteiger partial charge in [-0.15, -0.1) is 0 Å². The van der Waals surface area contributed by atoms with Crippen molar-refractivity contribution in [2.45, 2.75) is 32.9 Å². The molecular weight excluding hydrogens is 263 g/mol. The highest BCUT2D eigenvalue weighted by atomic mass is 32.1. The topological polar surface area (TPSA) is 49.5 Å². The molecule has 1 rings (SSSR count). The fourth-order valence-corrected chi connectivity index (χ4v) is 2.15. The number of aliphatic hydroxyl groups is 1. The molecule has 5 heteroatoms. The molecule has 0 unspecified atom stereocenters. The summed E-state index contributed by atoms with van der Waals surface area (Å²) >= 11 is 5.00. The second kappa shape index (κ2) is 7.53. The number of aliphatic hydroxyl groups excluding tert-OH is 1. The molecular formula is C14H21FN2OS. The van der Waals surface area contributed by atoms with E-state index in [1.807, 2.05) is 0 Å². The Morgan fingerprint density at radius 2 is 2.16 bits per heavy atom. The van der Waals surface area contributed by atoms with E-state index >= 15 is 0 Å². The van der Waals surface area contributed by atoms with Gasteiger partial charge < -0.3 is 10.8 Å². The van der Waals surface area contributed by atoms with Crippen molar-refractivity contribution < 1.29 is 9.50 Å². The van der Waals surface area contributed by atoms with E-state index in [0.29, 0.717) is 24.6 Å². The van der Waals surface area contributed by atoms with Crippen molar-refractivity contribution in [2.24, 2.45) is 5.73 Å². The Bertz CT molecular complexity index is 437. The number of thiocarbonyl (C=S) groups is 1. The summed E-state index contributed by atoms with van der Waals surface area (Å²) in [7, 11) is 0. The molecule has 0 aliphatic rings. The normalized spacial score (nSPS) is 11.3. The summed E-state index contributed by atoms with van der Waals surface area (Å²) in [6.07, 6.45) is 0.690. The molecule has 0 aromatic heterocycles. The lowest BCUT2D eigenvalue weighted by Crippen LogP contribution is -2.32. The highest BCUT2D eigenvalue weighted by Crippen LogP contribution is 2.16. The molecule has 0 radical (unpaired) electrons. The number of nitrogens with two attached hydrogens (primary N) is 1. The molecule has 0 atom stereocenters. The predicted octanol–water partition coefficient (Wildman–Crippen LogP) is 2.05. The molecule has 0 saturated heterocycles. The first-order valence-corrected chi connectivity index (χ1v) is 6.79. The molecule has 0 bridgehead atoms. The van der Waals surface area contributed by atoms with Gasteiger partial charge in [-0.1, -0.05) is 12.2 Å². The van der Waals surface area contributed by atoms with Crippen LogP contribution in [-0.4, -0.2) is 34.2 Å². The third-order valence-electron chi connectivity index (χ3n) is 3.04. The Kier molecular flexibility index (Phi) is 6.34. The Morgan fingerprint density at radius 3 is 2.68 bits per heavy atom. The van der Waals surface area contributed by atoms with Gasteiger partial charge >= 0.3 is 0 Å². The monoisotopic (exact) mass is 284 g/mol. The SMILES string of the molecule is CC(C)N(CCCO)Cc1cc(F)ccc1C(N)=S. The van der Waals surface area contributed by atoms with Gasteiger partial charge in [0.25, 0.3) is 0 Å². The van der Waals surface area contributed by atoms with E-state index < -0.39 is 0 Å². The average Bonchev–Trinajstić information content (AvgIpc) is 2.33. The fraction of sp³-hybridized carbons (Fsp3) is 0.500. The second-order valence-electron chi connectivity index (χ2n) is 4.81. The van der Waals surface area contributed by atoms with Gasteiger partial charge in [-0.05, 0) is 44.0 Å². The number of rotatable bonds is 7. The number of hydrogen-bond donors (Lipinski definition) is 2. The van der Waals surface area contributed by atoms with Gasteiger partial charge in [0, 0.05) is 31.3 Å². The smallest absolute Gasteiger partial charge is 0.123 e. The molecule has 0 aliphatic heterocycles. The largest absolute Gasteiger partial charge is 0.396 e. The van der Waals surface area contributed by atoms with Crippen LogP contribution >= 0.6 is 12.2 Å². The molecule has 3 nitrogen and oxygen atoms in total. The van der Waals surface area contributed by atoms with Gasteiger partial charge in [0.1, 0.15) is 10.8 Å². The Labute approximate surface area is 119 Å². The molecule has 0 aliphatic carbocycles. The summed E-state index contributed by atoms with van der Waals surface area (Å²) in [5, 5.41) is 8.92. The van der Waals surface area contributed by atoms with Crippen molar-refractivity contribution in [3.63, 3.8) is 0 Å². The van der Waals surface area contributed by atoms with Gasteiger partial charge in [-0.3, -0.25) is 4.90 Å². The first kappa shape index (κ1) is 16.0. The van der Waals surface area contributed by atoms with Crippen LogP contribution < -0.4 is 5.73 Å². The first-order chi connectivity index (χ1) is 8.95. The highest BCUT2D eigenvalue weighted by molar-refractivity contribution is 7.80. The lowest BCUT2D eigenvalue weighted by Gasteiger charge is -2.27. The summed E-state index contributed by atoms with van der Waals surface area (Å²) in [5.41, 5.74) is 7.17. The minimum absolute atomic E-state index is 0.147. The van der Waals surface area contributed by atoms with Gasteiger partial charge in [0.2, 0.25) is 0 Å². The van der Waals surface area contributed by atoms with Crippen LogP contribution in [-0.2, 0) is 6.54 Å². The van der Waals surface area contributed by atoms with Crippen molar-refractivity contribution in [1.29, 1.82) is 0 Å². The number of hydrogen-bond acceptors (Lipinski definition) is 3. The lowest BCUT2D eigenvalue weighted by molar-refractivity contribution is 0.184. The third kappa shape index (κ3) is 4.86. The van der Waals surface area contributed by atoms with E-state index in [4.69, 9.17) is 23.1 Å². The second-order valence-corrected chi connectivity index (χ2v) is 5.25. The average molecular weight is 284 g/mol. The van der Waals surface area contributed by atoms with Crippen molar-refractivity contribution in [2.75, 3.05) is 13.2 Å². The summed E-state index contributed by atoms with van der Waals surface area (Å²) in [6, 6.07) is 4.76. The summed E-state index contributed by atoms with van der Waals surface area (Å²) < 4.78 is 13.4. The van der Waals surface area contributed by atoms with Crippen LogP contribution in [0.5, 0.6) is 0 Å². The third-order valence-corrected chi connectivity index (χ3v) is 3.26. The lowest BCUT2D eigenvalue weighted by atomic mass is 10.1. The van der Waals surface area contributed by atoms with E-state index in [0.717, 1.165) is 12.1 Å². The standard InChI is InChI=1S/C14H21FN2OS/c1-10(2)17(6-3-7-18)9-11-8-12(15)4-5-13(11)14(16)19/h4-5,8,10,18H,3,6-7,9H2,1-2H3,(H2,16,19). The molecule has 106 valence electrons. The molecule has 19 heavy (non-hydrogen) atoms. The zero-order valence-electron chi connectivity index (χ0n) is 11.4. The summed E-state index contributed by atoms with van der Waals surface area (Å²) in [5.74, 6) is -0.291. The fourth-order valence-electron chi connectivity index (χ4n) is 1.95. The Hall–Kier alpha value is -1.04. The number of halogens is 1. The molecule has 0 fully saturated rings. The predicted molar refractivity (Wildman–Crippen MR) is 79.5 cm³/mol. The maximum absolute atomic E-state index is 13.4. The zero-order valence-corrected chi connectivity index (χ0v) is 12.2.